The third-order valence-electron chi connectivity index (χ3n) is 5.58. The largest absolute Gasteiger partial charge is 0.496 e. The van der Waals surface area contributed by atoms with Crippen molar-refractivity contribution in [3.05, 3.63) is 99.9 Å². The molecular weight excluding hydrogens is 494 g/mol. The van der Waals surface area contributed by atoms with Gasteiger partial charge in [0.25, 0.3) is 11.6 Å². The zero-order valence-electron chi connectivity index (χ0n) is 20.5. The number of hydrogen-bond donors (Lipinski definition) is 1. The molecule has 0 bridgehead atoms. The summed E-state index contributed by atoms with van der Waals surface area (Å²) in [6.45, 7) is 1.79. The average Bonchev–Trinajstić information content (AvgIpc) is 3.36. The normalized spacial score (nSPS) is 11.5. The average molecular weight is 520 g/mol. The van der Waals surface area contributed by atoms with E-state index in [2.05, 4.69) is 15.5 Å². The van der Waals surface area contributed by atoms with Crippen LogP contribution in [0.1, 0.15) is 34.7 Å². The van der Waals surface area contributed by atoms with Crippen LogP contribution in [0.15, 0.2) is 78.0 Å². The van der Waals surface area contributed by atoms with Crippen LogP contribution < -0.4 is 14.8 Å². The molecule has 0 saturated carbocycles. The molecule has 11 heteroatoms. The summed E-state index contributed by atoms with van der Waals surface area (Å²) in [5.41, 5.74) is 1.98. The molecule has 4 rings (SSSR count). The second-order valence-corrected chi connectivity index (χ2v) is 8.90. The van der Waals surface area contributed by atoms with Gasteiger partial charge in [0.2, 0.25) is 0 Å². The fourth-order valence-corrected chi connectivity index (χ4v) is 4.67. The summed E-state index contributed by atoms with van der Waals surface area (Å²) in [7, 11) is 2.97. The van der Waals surface area contributed by atoms with Gasteiger partial charge >= 0.3 is 0 Å². The van der Waals surface area contributed by atoms with Crippen molar-refractivity contribution in [2.75, 3.05) is 14.2 Å². The highest BCUT2D eigenvalue weighted by molar-refractivity contribution is 7.98. The van der Waals surface area contributed by atoms with Crippen molar-refractivity contribution in [1.82, 2.24) is 20.1 Å². The van der Waals surface area contributed by atoms with E-state index in [0.717, 1.165) is 5.56 Å². The van der Waals surface area contributed by atoms with E-state index in [1.807, 2.05) is 30.3 Å². The molecule has 190 valence electrons. The number of benzene rings is 3. The lowest BCUT2D eigenvalue weighted by Crippen LogP contribution is -2.29. The minimum absolute atomic E-state index is 0.0264. The maximum Gasteiger partial charge on any atom is 0.269 e. The summed E-state index contributed by atoms with van der Waals surface area (Å²) >= 11 is 1.47. The summed E-state index contributed by atoms with van der Waals surface area (Å²) in [4.78, 5) is 24.0. The Morgan fingerprint density at radius 2 is 1.65 bits per heavy atom. The van der Waals surface area contributed by atoms with E-state index < -0.39 is 16.9 Å². The van der Waals surface area contributed by atoms with Gasteiger partial charge in [-0.1, -0.05) is 48.2 Å². The Hall–Kier alpha value is -4.38. The highest BCUT2D eigenvalue weighted by Gasteiger charge is 2.25. The van der Waals surface area contributed by atoms with Crippen molar-refractivity contribution in [1.29, 1.82) is 0 Å². The molecule has 1 N–H and O–H groups in total. The van der Waals surface area contributed by atoms with E-state index in [1.54, 1.807) is 41.8 Å². The molecule has 0 saturated heterocycles. The molecule has 37 heavy (non-hydrogen) atoms. The number of nitrogens with one attached hydrogen (secondary N) is 1. The van der Waals surface area contributed by atoms with Crippen molar-refractivity contribution in [3.63, 3.8) is 0 Å². The van der Waals surface area contributed by atoms with Gasteiger partial charge < -0.3 is 14.8 Å². The van der Waals surface area contributed by atoms with Crippen LogP contribution in [-0.4, -0.2) is 39.8 Å². The lowest BCUT2D eigenvalue weighted by molar-refractivity contribution is -0.384. The number of non-ortho nitro benzene ring substituents is 1. The molecular formula is C26H25N5O5S. The Labute approximate surface area is 217 Å². The SMILES string of the molecule is COc1cccc(OC)c1C(=O)NC(C)c1nnc(SCc2ccccc2)n1-c1ccc([N+](=O)[O-])cc1. The number of rotatable bonds is 10. The zero-order valence-corrected chi connectivity index (χ0v) is 21.3. The van der Waals surface area contributed by atoms with Crippen molar-refractivity contribution in [2.45, 2.75) is 23.9 Å². The summed E-state index contributed by atoms with van der Waals surface area (Å²) in [5.74, 6) is 1.45. The maximum atomic E-state index is 13.3. The van der Waals surface area contributed by atoms with Gasteiger partial charge in [-0.25, -0.2) is 0 Å². The van der Waals surface area contributed by atoms with Crippen LogP contribution in [0.25, 0.3) is 5.69 Å². The number of thioether (sulfide) groups is 1. The van der Waals surface area contributed by atoms with E-state index in [9.17, 15) is 14.9 Å². The van der Waals surface area contributed by atoms with Crippen molar-refractivity contribution in [2.24, 2.45) is 0 Å². The molecule has 0 radical (unpaired) electrons. The van der Waals surface area contributed by atoms with E-state index in [0.29, 0.717) is 33.9 Å². The number of amides is 1. The number of hydrogen-bond acceptors (Lipinski definition) is 8. The molecule has 0 aliphatic carbocycles. The number of nitro benzene ring substituents is 1. The first-order chi connectivity index (χ1) is 17.9. The standard InChI is InChI=1S/C26H25N5O5S/c1-17(27-25(32)23-21(35-2)10-7-11-22(23)36-3)24-28-29-26(37-16-18-8-5-4-6-9-18)30(24)19-12-14-20(15-13-19)31(33)34/h4-15,17H,16H2,1-3H3,(H,27,32). The minimum atomic E-state index is -0.573. The van der Waals surface area contributed by atoms with Crippen LogP contribution in [0.4, 0.5) is 5.69 Å². The van der Waals surface area contributed by atoms with Crippen LogP contribution in [0.2, 0.25) is 0 Å². The van der Waals surface area contributed by atoms with E-state index in [4.69, 9.17) is 9.47 Å². The third-order valence-corrected chi connectivity index (χ3v) is 6.58. The fraction of sp³-hybridized carbons (Fsp3) is 0.192. The number of ether oxygens (including phenoxy) is 2. The number of aromatic nitrogens is 3. The molecule has 10 nitrogen and oxygen atoms in total. The Balaban J connectivity index is 1.67. The molecule has 0 spiro atoms. The topological polar surface area (TPSA) is 121 Å². The Morgan fingerprint density at radius 3 is 2.24 bits per heavy atom. The highest BCUT2D eigenvalue weighted by Crippen LogP contribution is 2.31. The Morgan fingerprint density at radius 1 is 1.00 bits per heavy atom. The molecule has 0 aliphatic rings. The monoisotopic (exact) mass is 519 g/mol. The zero-order chi connectivity index (χ0) is 26.4. The molecule has 1 heterocycles. The van der Waals surface area contributed by atoms with Gasteiger partial charge in [0.1, 0.15) is 17.1 Å². The van der Waals surface area contributed by atoms with Crippen LogP contribution in [0, 0.1) is 10.1 Å². The number of nitro groups is 1. The van der Waals surface area contributed by atoms with E-state index in [1.165, 1.54) is 38.1 Å². The van der Waals surface area contributed by atoms with Crippen molar-refractivity contribution in [3.8, 4) is 17.2 Å². The number of carbonyl (C=O) groups is 1. The van der Waals surface area contributed by atoms with Crippen LogP contribution in [0.5, 0.6) is 11.5 Å². The summed E-state index contributed by atoms with van der Waals surface area (Å²) in [5, 5.41) is 23.4. The van der Waals surface area contributed by atoms with Gasteiger partial charge in [-0.2, -0.15) is 0 Å². The third kappa shape index (κ3) is 5.72. The summed E-state index contributed by atoms with van der Waals surface area (Å²) in [6, 6.07) is 20.6. The first-order valence-electron chi connectivity index (χ1n) is 11.3. The highest BCUT2D eigenvalue weighted by atomic mass is 32.2. The molecule has 1 unspecified atom stereocenters. The van der Waals surface area contributed by atoms with Gasteiger partial charge in [-0.15, -0.1) is 10.2 Å². The Kier molecular flexibility index (Phi) is 8.04. The van der Waals surface area contributed by atoms with Gasteiger partial charge in [-0.3, -0.25) is 19.5 Å². The lowest BCUT2D eigenvalue weighted by Gasteiger charge is -2.18. The molecule has 1 atom stereocenters. The predicted octanol–water partition coefficient (Wildman–Crippen LogP) is 4.98. The van der Waals surface area contributed by atoms with Gasteiger partial charge in [0.15, 0.2) is 11.0 Å². The first-order valence-corrected chi connectivity index (χ1v) is 12.3. The molecule has 1 amide bonds. The molecule has 3 aromatic carbocycles. The van der Waals surface area contributed by atoms with E-state index >= 15 is 0 Å². The summed E-state index contributed by atoms with van der Waals surface area (Å²) in [6.07, 6.45) is 0. The molecule has 1 aromatic heterocycles. The quantitative estimate of drug-likeness (QED) is 0.177. The first kappa shape index (κ1) is 25.7. The second kappa shape index (κ2) is 11.6. The Bertz CT molecular complexity index is 1370. The molecule has 0 aliphatic heterocycles. The van der Waals surface area contributed by atoms with Crippen molar-refractivity contribution < 1.29 is 19.2 Å². The number of nitrogens with zero attached hydrogens (tertiary/aromatic N) is 4. The van der Waals surface area contributed by atoms with Gasteiger partial charge in [0.05, 0.1) is 25.2 Å². The number of carbonyl (C=O) groups excluding carboxylic acids is 1. The smallest absolute Gasteiger partial charge is 0.269 e. The van der Waals surface area contributed by atoms with Gasteiger partial charge in [-0.05, 0) is 36.8 Å². The molecule has 0 fully saturated rings. The maximum absolute atomic E-state index is 13.3. The predicted molar refractivity (Wildman–Crippen MR) is 139 cm³/mol. The van der Waals surface area contributed by atoms with Crippen LogP contribution in [-0.2, 0) is 5.75 Å². The second-order valence-electron chi connectivity index (χ2n) is 7.96. The number of methoxy groups -OCH3 is 2. The minimum Gasteiger partial charge on any atom is -0.496 e. The lowest BCUT2D eigenvalue weighted by atomic mass is 10.1. The summed E-state index contributed by atoms with van der Waals surface area (Å²) < 4.78 is 12.5. The van der Waals surface area contributed by atoms with E-state index in [-0.39, 0.29) is 11.3 Å². The van der Waals surface area contributed by atoms with Crippen molar-refractivity contribution >= 4 is 23.4 Å². The van der Waals surface area contributed by atoms with Crippen LogP contribution >= 0.6 is 11.8 Å². The van der Waals surface area contributed by atoms with Gasteiger partial charge in [0, 0.05) is 23.6 Å². The fourth-order valence-electron chi connectivity index (χ4n) is 3.75. The van der Waals surface area contributed by atoms with Crippen LogP contribution in [0.3, 0.4) is 0 Å². The molecule has 4 aromatic rings.